The second kappa shape index (κ2) is 5.67. The van der Waals surface area contributed by atoms with Gasteiger partial charge in [-0.25, -0.2) is 0 Å². The van der Waals surface area contributed by atoms with Gasteiger partial charge in [0.25, 0.3) is 5.91 Å². The van der Waals surface area contributed by atoms with Crippen LogP contribution in [0.1, 0.15) is 33.4 Å². The number of aliphatic hydroxyl groups excluding tert-OH is 1. The molecule has 1 amide bonds. The van der Waals surface area contributed by atoms with E-state index in [1.54, 1.807) is 13.8 Å². The highest BCUT2D eigenvalue weighted by atomic mass is 16.5. The SMILES string of the molecule is Cc1noc(C)c1C(=O)NC(CO)c1ccccc1. The average Bonchev–Trinajstić information content (AvgIpc) is 2.76. The van der Waals surface area contributed by atoms with Crippen molar-refractivity contribution in [3.05, 3.63) is 52.9 Å². The van der Waals surface area contributed by atoms with E-state index in [1.165, 1.54) is 0 Å². The summed E-state index contributed by atoms with van der Waals surface area (Å²) in [5.74, 6) is 0.180. The van der Waals surface area contributed by atoms with E-state index in [2.05, 4.69) is 10.5 Å². The summed E-state index contributed by atoms with van der Waals surface area (Å²) in [4.78, 5) is 12.2. The number of carbonyl (C=O) groups excluding carboxylic acids is 1. The first-order valence-electron chi connectivity index (χ1n) is 6.03. The zero-order chi connectivity index (χ0) is 13.8. The summed E-state index contributed by atoms with van der Waals surface area (Å²) in [6.45, 7) is 3.23. The number of aliphatic hydroxyl groups is 1. The van der Waals surface area contributed by atoms with Crippen molar-refractivity contribution in [2.45, 2.75) is 19.9 Å². The number of carbonyl (C=O) groups is 1. The van der Waals surface area contributed by atoms with Crippen molar-refractivity contribution in [2.75, 3.05) is 6.61 Å². The summed E-state index contributed by atoms with van der Waals surface area (Å²) < 4.78 is 4.96. The summed E-state index contributed by atoms with van der Waals surface area (Å²) in [6.07, 6.45) is 0. The number of nitrogens with zero attached hydrogens (tertiary/aromatic N) is 1. The monoisotopic (exact) mass is 260 g/mol. The summed E-state index contributed by atoms with van der Waals surface area (Å²) in [5.41, 5.74) is 1.82. The molecule has 1 unspecified atom stereocenters. The fourth-order valence-corrected chi connectivity index (χ4v) is 1.96. The van der Waals surface area contributed by atoms with Crippen LogP contribution in [0.25, 0.3) is 0 Å². The van der Waals surface area contributed by atoms with E-state index in [0.29, 0.717) is 17.0 Å². The van der Waals surface area contributed by atoms with Crippen LogP contribution in [0, 0.1) is 13.8 Å². The van der Waals surface area contributed by atoms with Gasteiger partial charge in [0.15, 0.2) is 0 Å². The summed E-state index contributed by atoms with van der Waals surface area (Å²) in [7, 11) is 0. The van der Waals surface area contributed by atoms with Crippen LogP contribution in [-0.4, -0.2) is 22.8 Å². The van der Waals surface area contributed by atoms with E-state index in [0.717, 1.165) is 5.56 Å². The molecule has 0 aliphatic carbocycles. The number of aryl methyl sites for hydroxylation is 2. The normalized spacial score (nSPS) is 12.2. The van der Waals surface area contributed by atoms with Crippen molar-refractivity contribution in [2.24, 2.45) is 0 Å². The maximum atomic E-state index is 12.2. The second-order valence-corrected chi connectivity index (χ2v) is 4.32. The first-order chi connectivity index (χ1) is 9.13. The Labute approximate surface area is 111 Å². The van der Waals surface area contributed by atoms with Crippen molar-refractivity contribution in [1.29, 1.82) is 0 Å². The predicted octanol–water partition coefficient (Wildman–Crippen LogP) is 1.75. The summed E-state index contributed by atoms with van der Waals surface area (Å²) >= 11 is 0. The minimum absolute atomic E-state index is 0.168. The van der Waals surface area contributed by atoms with Gasteiger partial charge in [-0.1, -0.05) is 35.5 Å². The lowest BCUT2D eigenvalue weighted by Crippen LogP contribution is -2.31. The number of hydrogen-bond acceptors (Lipinski definition) is 4. The summed E-state index contributed by atoms with van der Waals surface area (Å²) in [5, 5.41) is 15.9. The molecule has 5 nitrogen and oxygen atoms in total. The zero-order valence-corrected chi connectivity index (χ0v) is 10.9. The highest BCUT2D eigenvalue weighted by Gasteiger charge is 2.21. The van der Waals surface area contributed by atoms with Gasteiger partial charge < -0.3 is 14.9 Å². The van der Waals surface area contributed by atoms with Crippen LogP contribution >= 0.6 is 0 Å². The van der Waals surface area contributed by atoms with Gasteiger partial charge in [0.1, 0.15) is 11.3 Å². The molecule has 19 heavy (non-hydrogen) atoms. The Morgan fingerprint density at radius 1 is 1.37 bits per heavy atom. The maximum Gasteiger partial charge on any atom is 0.257 e. The van der Waals surface area contributed by atoms with Crippen LogP contribution in [0.4, 0.5) is 0 Å². The van der Waals surface area contributed by atoms with Gasteiger partial charge >= 0.3 is 0 Å². The molecule has 0 bridgehead atoms. The van der Waals surface area contributed by atoms with E-state index in [4.69, 9.17) is 4.52 Å². The first-order valence-corrected chi connectivity index (χ1v) is 6.03. The van der Waals surface area contributed by atoms with Crippen molar-refractivity contribution in [3.8, 4) is 0 Å². The lowest BCUT2D eigenvalue weighted by atomic mass is 10.1. The number of nitrogens with one attached hydrogen (secondary N) is 1. The van der Waals surface area contributed by atoms with Crippen LogP contribution in [0.5, 0.6) is 0 Å². The fraction of sp³-hybridized carbons (Fsp3) is 0.286. The van der Waals surface area contributed by atoms with Crippen molar-refractivity contribution >= 4 is 5.91 Å². The number of benzene rings is 1. The molecule has 2 N–H and O–H groups in total. The number of hydrogen-bond donors (Lipinski definition) is 2. The van der Waals surface area contributed by atoms with Gasteiger partial charge in [0, 0.05) is 0 Å². The molecule has 0 saturated heterocycles. The molecule has 1 aromatic heterocycles. The Bertz CT molecular complexity index is 544. The molecule has 1 aromatic carbocycles. The van der Waals surface area contributed by atoms with Gasteiger partial charge in [0.2, 0.25) is 0 Å². The van der Waals surface area contributed by atoms with Crippen LogP contribution in [0.15, 0.2) is 34.9 Å². The predicted molar refractivity (Wildman–Crippen MR) is 69.7 cm³/mol. The number of aromatic nitrogens is 1. The first kappa shape index (κ1) is 13.3. The molecule has 100 valence electrons. The third-order valence-corrected chi connectivity index (χ3v) is 2.95. The standard InChI is InChI=1S/C14H16N2O3/c1-9-13(10(2)19-16-9)14(18)15-12(8-17)11-6-4-3-5-7-11/h3-7,12,17H,8H2,1-2H3,(H,15,18). The van der Waals surface area contributed by atoms with Gasteiger partial charge in [-0.05, 0) is 19.4 Å². The highest BCUT2D eigenvalue weighted by Crippen LogP contribution is 2.16. The van der Waals surface area contributed by atoms with Crippen molar-refractivity contribution in [1.82, 2.24) is 10.5 Å². The van der Waals surface area contributed by atoms with E-state index in [9.17, 15) is 9.90 Å². The molecule has 5 heteroatoms. The average molecular weight is 260 g/mol. The molecule has 0 fully saturated rings. The van der Waals surface area contributed by atoms with Gasteiger partial charge in [-0.3, -0.25) is 4.79 Å². The Hall–Kier alpha value is -2.14. The topological polar surface area (TPSA) is 75.4 Å². The molecule has 2 aromatic rings. The van der Waals surface area contributed by atoms with Crippen LogP contribution < -0.4 is 5.32 Å². The molecule has 0 aliphatic rings. The highest BCUT2D eigenvalue weighted by molar-refractivity contribution is 5.96. The molecule has 0 spiro atoms. The van der Waals surface area contributed by atoms with Crippen LogP contribution in [-0.2, 0) is 0 Å². The quantitative estimate of drug-likeness (QED) is 0.878. The Morgan fingerprint density at radius 2 is 2.05 bits per heavy atom. The molecule has 2 rings (SSSR count). The van der Waals surface area contributed by atoms with Gasteiger partial charge in [-0.15, -0.1) is 0 Å². The summed E-state index contributed by atoms with van der Waals surface area (Å²) in [6, 6.07) is 8.87. The Kier molecular flexibility index (Phi) is 3.97. The van der Waals surface area contributed by atoms with Crippen molar-refractivity contribution in [3.63, 3.8) is 0 Å². The largest absolute Gasteiger partial charge is 0.394 e. The maximum absolute atomic E-state index is 12.2. The van der Waals surface area contributed by atoms with Crippen LogP contribution in [0.3, 0.4) is 0 Å². The third kappa shape index (κ3) is 2.82. The fourth-order valence-electron chi connectivity index (χ4n) is 1.96. The molecule has 0 saturated carbocycles. The van der Waals surface area contributed by atoms with Crippen molar-refractivity contribution < 1.29 is 14.4 Å². The van der Waals surface area contributed by atoms with E-state index in [1.807, 2.05) is 30.3 Å². The molecular formula is C14H16N2O3. The Balaban J connectivity index is 2.18. The molecule has 1 heterocycles. The second-order valence-electron chi connectivity index (χ2n) is 4.32. The van der Waals surface area contributed by atoms with Gasteiger partial charge in [0.05, 0.1) is 18.3 Å². The minimum atomic E-state index is -0.442. The minimum Gasteiger partial charge on any atom is -0.394 e. The van der Waals surface area contributed by atoms with E-state index < -0.39 is 6.04 Å². The van der Waals surface area contributed by atoms with E-state index in [-0.39, 0.29) is 12.5 Å². The van der Waals surface area contributed by atoms with E-state index >= 15 is 0 Å². The molecule has 0 aliphatic heterocycles. The lowest BCUT2D eigenvalue weighted by molar-refractivity contribution is 0.0914. The molecular weight excluding hydrogens is 244 g/mol. The Morgan fingerprint density at radius 3 is 2.58 bits per heavy atom. The zero-order valence-electron chi connectivity index (χ0n) is 10.9. The number of amides is 1. The van der Waals surface area contributed by atoms with Gasteiger partial charge in [-0.2, -0.15) is 0 Å². The number of rotatable bonds is 4. The molecule has 1 atom stereocenters. The smallest absolute Gasteiger partial charge is 0.257 e. The third-order valence-electron chi connectivity index (χ3n) is 2.95. The lowest BCUT2D eigenvalue weighted by Gasteiger charge is -2.16. The van der Waals surface area contributed by atoms with Crippen LogP contribution in [0.2, 0.25) is 0 Å². The molecule has 0 radical (unpaired) electrons.